The predicted octanol–water partition coefficient (Wildman–Crippen LogP) is 2.01. The van der Waals surface area contributed by atoms with Crippen LogP contribution >= 0.6 is 0 Å². The van der Waals surface area contributed by atoms with Gasteiger partial charge in [-0.3, -0.25) is 0 Å². The van der Waals surface area contributed by atoms with Gasteiger partial charge >= 0.3 is 11.7 Å². The number of carbonyl (C=O) groups excluding carboxylic acids is 1. The van der Waals surface area contributed by atoms with Crippen molar-refractivity contribution in [1.82, 2.24) is 0 Å². The molecule has 0 radical (unpaired) electrons. The first-order valence-electron chi connectivity index (χ1n) is 5.25. The number of rotatable bonds is 1. The molecule has 0 saturated heterocycles. The van der Waals surface area contributed by atoms with Crippen LogP contribution in [0, 0.1) is 16.7 Å². The SMILES string of the molecule is COC(=O)c1c2ccccc([O-])c-2c(C#N)c1[N+]#N. The van der Waals surface area contributed by atoms with E-state index in [1.165, 1.54) is 18.2 Å². The molecule has 2 aliphatic rings. The fraction of sp³-hybridized carbons (Fsp3) is 0.0769. The van der Waals surface area contributed by atoms with E-state index >= 15 is 0 Å². The van der Waals surface area contributed by atoms with E-state index in [2.05, 4.69) is 9.71 Å². The van der Waals surface area contributed by atoms with Crippen LogP contribution in [0.2, 0.25) is 0 Å². The molecule has 0 aromatic heterocycles. The lowest BCUT2D eigenvalue weighted by Crippen LogP contribution is -2.01. The van der Waals surface area contributed by atoms with Crippen LogP contribution in [0.25, 0.3) is 16.1 Å². The van der Waals surface area contributed by atoms with Gasteiger partial charge < -0.3 is 9.84 Å². The Labute approximate surface area is 108 Å². The topological polar surface area (TPSA) is 101 Å². The summed E-state index contributed by atoms with van der Waals surface area (Å²) in [6, 6.07) is 7.60. The van der Waals surface area contributed by atoms with Gasteiger partial charge in [0.2, 0.25) is 5.39 Å². The van der Waals surface area contributed by atoms with Crippen LogP contribution in [-0.2, 0) is 4.74 Å². The van der Waals surface area contributed by atoms with Gasteiger partial charge in [0.25, 0.3) is 0 Å². The average molecular weight is 253 g/mol. The predicted molar refractivity (Wildman–Crippen MR) is 63.3 cm³/mol. The summed E-state index contributed by atoms with van der Waals surface area (Å²) >= 11 is 0. The van der Waals surface area contributed by atoms with Gasteiger partial charge in [0.15, 0.2) is 16.1 Å². The van der Waals surface area contributed by atoms with Crippen molar-refractivity contribution >= 4 is 11.7 Å². The first-order chi connectivity index (χ1) is 9.15. The molecule has 0 bridgehead atoms. The molecule has 0 amide bonds. The molecule has 6 heteroatoms. The number of methoxy groups -OCH3 is 1. The van der Waals surface area contributed by atoms with Gasteiger partial charge in [-0.25, -0.2) is 4.79 Å². The molecule has 0 N–H and O–H groups in total. The zero-order chi connectivity index (χ0) is 14.0. The van der Waals surface area contributed by atoms with Crippen LogP contribution in [0.15, 0.2) is 24.3 Å². The summed E-state index contributed by atoms with van der Waals surface area (Å²) in [6.45, 7) is 0. The lowest BCUT2D eigenvalue weighted by Gasteiger charge is -2.07. The minimum Gasteiger partial charge on any atom is -0.872 e. The van der Waals surface area contributed by atoms with E-state index in [1.54, 1.807) is 12.1 Å². The Kier molecular flexibility index (Phi) is 3.01. The van der Waals surface area contributed by atoms with E-state index in [0.717, 1.165) is 7.11 Å². The maximum absolute atomic E-state index is 11.9. The van der Waals surface area contributed by atoms with Crippen molar-refractivity contribution in [2.45, 2.75) is 0 Å². The number of nitriles is 1. The van der Waals surface area contributed by atoms with Crippen LogP contribution in [0.5, 0.6) is 5.75 Å². The molecular formula is C13H7N3O3. The Morgan fingerprint density at radius 2 is 2.11 bits per heavy atom. The van der Waals surface area contributed by atoms with Crippen molar-refractivity contribution in [3.8, 4) is 22.9 Å². The smallest absolute Gasteiger partial charge is 0.418 e. The molecule has 0 aromatic carbocycles. The van der Waals surface area contributed by atoms with Crippen molar-refractivity contribution < 1.29 is 14.6 Å². The van der Waals surface area contributed by atoms with E-state index < -0.39 is 11.7 Å². The molecule has 0 fully saturated rings. The first kappa shape index (κ1) is 12.3. The monoisotopic (exact) mass is 253 g/mol. The van der Waals surface area contributed by atoms with Crippen LogP contribution in [0.3, 0.4) is 0 Å². The highest BCUT2D eigenvalue weighted by atomic mass is 16.5. The lowest BCUT2D eigenvalue weighted by atomic mass is 10.1. The third kappa shape index (κ3) is 1.72. The van der Waals surface area contributed by atoms with Gasteiger partial charge in [-0.1, -0.05) is 30.0 Å². The highest BCUT2D eigenvalue weighted by molar-refractivity contribution is 6.09. The zero-order valence-corrected chi connectivity index (χ0v) is 9.88. The average Bonchev–Trinajstić information content (AvgIpc) is 2.63. The molecule has 19 heavy (non-hydrogen) atoms. The lowest BCUT2D eigenvalue weighted by molar-refractivity contribution is -0.267. The molecule has 0 atom stereocenters. The molecular weight excluding hydrogens is 246 g/mol. The summed E-state index contributed by atoms with van der Waals surface area (Å²) in [5.74, 6) is -1.21. The molecule has 6 nitrogen and oxygen atoms in total. The first-order valence-corrected chi connectivity index (χ1v) is 5.25. The number of fused-ring (bicyclic) bond motifs is 1. The Morgan fingerprint density at radius 1 is 1.42 bits per heavy atom. The number of esters is 1. The van der Waals surface area contributed by atoms with Crippen molar-refractivity contribution in [2.75, 3.05) is 7.11 Å². The quantitative estimate of drug-likeness (QED) is 0.571. The normalized spacial score (nSPS) is 9.63. The number of ether oxygens (including phenoxy) is 1. The van der Waals surface area contributed by atoms with Gasteiger partial charge in [-0.15, -0.1) is 0 Å². The Morgan fingerprint density at radius 3 is 2.68 bits per heavy atom. The van der Waals surface area contributed by atoms with Crippen LogP contribution < -0.4 is 5.11 Å². The number of nitrogens with zero attached hydrogens (tertiary/aromatic N) is 3. The molecule has 0 aliphatic heterocycles. The molecule has 0 aromatic rings. The fourth-order valence-electron chi connectivity index (χ4n) is 1.95. The zero-order valence-electron chi connectivity index (χ0n) is 9.88. The van der Waals surface area contributed by atoms with Gasteiger partial charge in [0, 0.05) is 11.1 Å². The van der Waals surface area contributed by atoms with E-state index in [1.807, 2.05) is 0 Å². The molecule has 92 valence electrons. The third-order valence-electron chi connectivity index (χ3n) is 2.73. The van der Waals surface area contributed by atoms with Crippen molar-refractivity contribution in [3.05, 3.63) is 40.4 Å². The number of diazo groups is 1. The summed E-state index contributed by atoms with van der Waals surface area (Å²) in [4.78, 5) is 14.7. The highest BCUT2D eigenvalue weighted by Crippen LogP contribution is 2.45. The summed E-state index contributed by atoms with van der Waals surface area (Å²) < 4.78 is 4.59. The van der Waals surface area contributed by atoms with Gasteiger partial charge in [-0.05, 0) is 0 Å². The number of hydrogen-bond donors (Lipinski definition) is 0. The summed E-state index contributed by atoms with van der Waals surface area (Å²) in [5.41, 5.74) is -0.205. The molecule has 2 rings (SSSR count). The summed E-state index contributed by atoms with van der Waals surface area (Å²) in [6.07, 6.45) is 0. The van der Waals surface area contributed by atoms with E-state index in [9.17, 15) is 9.90 Å². The van der Waals surface area contributed by atoms with E-state index in [-0.39, 0.29) is 27.9 Å². The number of hydrogen-bond acceptors (Lipinski definition) is 5. The minimum atomic E-state index is -0.773. The fourth-order valence-corrected chi connectivity index (χ4v) is 1.95. The molecule has 0 saturated carbocycles. The third-order valence-corrected chi connectivity index (χ3v) is 2.73. The summed E-state index contributed by atoms with van der Waals surface area (Å²) in [5, 5.41) is 30.0. The van der Waals surface area contributed by atoms with Crippen molar-refractivity contribution in [1.29, 1.82) is 10.7 Å². The Balaban J connectivity index is 3.00. The Hall–Kier alpha value is -3.12. The molecule has 0 unspecified atom stereocenters. The van der Waals surface area contributed by atoms with Gasteiger partial charge in [0.05, 0.1) is 7.11 Å². The second kappa shape index (κ2) is 4.63. The van der Waals surface area contributed by atoms with Gasteiger partial charge in [-0.2, -0.15) is 5.26 Å². The van der Waals surface area contributed by atoms with Gasteiger partial charge in [0.1, 0.15) is 6.07 Å². The summed E-state index contributed by atoms with van der Waals surface area (Å²) in [7, 11) is 1.16. The molecule has 2 aliphatic carbocycles. The highest BCUT2D eigenvalue weighted by Gasteiger charge is 2.36. The largest absolute Gasteiger partial charge is 0.872 e. The van der Waals surface area contributed by atoms with Crippen LogP contribution in [-0.4, -0.2) is 13.1 Å². The van der Waals surface area contributed by atoms with Crippen molar-refractivity contribution in [2.24, 2.45) is 0 Å². The van der Waals surface area contributed by atoms with Crippen LogP contribution in [0.4, 0.5) is 5.69 Å². The second-order valence-electron chi connectivity index (χ2n) is 3.67. The van der Waals surface area contributed by atoms with E-state index in [0.29, 0.717) is 0 Å². The minimum absolute atomic E-state index is 0.0423. The molecule has 0 heterocycles. The van der Waals surface area contributed by atoms with Crippen LogP contribution in [0.1, 0.15) is 15.9 Å². The maximum atomic E-state index is 11.9. The van der Waals surface area contributed by atoms with E-state index in [4.69, 9.17) is 10.7 Å². The maximum Gasteiger partial charge on any atom is 0.418 e. The Bertz CT molecular complexity index is 725. The molecule has 0 spiro atoms. The second-order valence-corrected chi connectivity index (χ2v) is 3.67. The van der Waals surface area contributed by atoms with Crippen molar-refractivity contribution in [3.63, 3.8) is 0 Å². The standard InChI is InChI=1S/C13H7N3O3/c1-19-13(18)11-7-4-2-3-5-9(17)10(7)8(6-14)12(11)16-15/h2-5H,1H3. The number of carbonyl (C=O) groups is 1.